The first-order chi connectivity index (χ1) is 25.0. The van der Waals surface area contributed by atoms with Crippen molar-refractivity contribution in [2.24, 2.45) is 0 Å². The number of nitrogen functional groups attached to an aromatic ring is 1. The first-order valence-corrected chi connectivity index (χ1v) is 19.1. The molecule has 15 nitrogen and oxygen atoms in total. The van der Waals surface area contributed by atoms with E-state index in [1.165, 1.54) is 49.4 Å². The molecule has 5 N–H and O–H groups in total. The fourth-order valence-corrected chi connectivity index (χ4v) is 7.27. The normalized spacial score (nSPS) is 20.3. The van der Waals surface area contributed by atoms with Crippen LogP contribution in [-0.2, 0) is 39.1 Å². The quantitative estimate of drug-likeness (QED) is 0.0328. The maximum atomic E-state index is 14.1. The van der Waals surface area contributed by atoms with Gasteiger partial charge in [0.05, 0.1) is 12.9 Å². The number of rotatable bonds is 23. The Labute approximate surface area is 302 Å². The summed E-state index contributed by atoms with van der Waals surface area (Å²) >= 11 is 0. The van der Waals surface area contributed by atoms with Crippen LogP contribution < -0.4 is 10.8 Å². The number of carboxylic acid groups (broad SMARTS) is 1. The van der Waals surface area contributed by atoms with Crippen molar-refractivity contribution >= 4 is 36.7 Å². The Morgan fingerprint density at radius 1 is 1.13 bits per heavy atom. The Bertz CT molecular complexity index is 1710. The summed E-state index contributed by atoms with van der Waals surface area (Å²) in [6.07, 6.45) is 14.3. The Balaban J connectivity index is 1.39. The molecule has 0 radical (unpaired) electrons. The maximum Gasteiger partial charge on any atom is 0.406 e. The van der Waals surface area contributed by atoms with E-state index in [9.17, 15) is 28.8 Å². The van der Waals surface area contributed by atoms with E-state index in [4.69, 9.17) is 30.7 Å². The van der Waals surface area contributed by atoms with Crippen molar-refractivity contribution in [1.82, 2.24) is 24.6 Å². The second-order valence-electron chi connectivity index (χ2n) is 12.7. The summed E-state index contributed by atoms with van der Waals surface area (Å²) in [5, 5.41) is 23.5. The molecule has 2 aromatic heterocycles. The third-order valence-corrected chi connectivity index (χ3v) is 10.3. The summed E-state index contributed by atoms with van der Waals surface area (Å²) in [6, 6.07) is 7.09. The molecule has 52 heavy (non-hydrogen) atoms. The molecule has 0 spiro atoms. The van der Waals surface area contributed by atoms with Crippen LogP contribution in [0.1, 0.15) is 89.3 Å². The number of aliphatic hydroxyl groups excluding tert-OH is 1. The second kappa shape index (κ2) is 19.8. The smallest absolute Gasteiger partial charge is 0.406 e. The number of hydrogen-bond acceptors (Lipinski definition) is 12. The second-order valence-corrected chi connectivity index (χ2v) is 14.5. The molecule has 1 aliphatic rings. The van der Waals surface area contributed by atoms with Gasteiger partial charge < -0.3 is 25.4 Å². The average Bonchev–Trinajstić information content (AvgIpc) is 3.70. The van der Waals surface area contributed by atoms with E-state index < -0.39 is 63.0 Å². The molecule has 1 fully saturated rings. The van der Waals surface area contributed by atoms with E-state index in [-0.39, 0.29) is 36.4 Å². The van der Waals surface area contributed by atoms with Crippen molar-refractivity contribution in [3.8, 4) is 12.3 Å². The van der Waals surface area contributed by atoms with Crippen LogP contribution in [-0.4, -0.2) is 79.2 Å². The number of ether oxygens (including phenoxy) is 2. The van der Waals surface area contributed by atoms with Gasteiger partial charge in [0, 0.05) is 6.42 Å². The highest BCUT2D eigenvalue weighted by Gasteiger charge is 2.50. The zero-order chi connectivity index (χ0) is 37.6. The number of hydrogen-bond donors (Lipinski definition) is 4. The summed E-state index contributed by atoms with van der Waals surface area (Å²) in [4.78, 5) is 36.1. The summed E-state index contributed by atoms with van der Waals surface area (Å²) in [5.74, 6) is -0.0789. The lowest BCUT2D eigenvalue weighted by atomic mass is 9.99. The number of esters is 1. The number of carbonyl (C=O) groups excluding carboxylic acids is 1. The Hall–Kier alpha value is -3.97. The largest absolute Gasteiger partial charge is 0.480 e. The number of carbonyl (C=O) groups is 2. The number of imidazole rings is 1. The van der Waals surface area contributed by atoms with Crippen LogP contribution in [0.25, 0.3) is 11.2 Å². The topological polar surface area (TPSA) is 210 Å². The van der Waals surface area contributed by atoms with Crippen molar-refractivity contribution in [2.75, 3.05) is 25.6 Å². The number of aromatic nitrogens is 4. The number of carboxylic acids is 1. The fourth-order valence-electron chi connectivity index (χ4n) is 5.82. The first kappa shape index (κ1) is 40.8. The molecule has 284 valence electrons. The van der Waals surface area contributed by atoms with Gasteiger partial charge in [-0.25, -0.2) is 19.4 Å². The van der Waals surface area contributed by atoms with Gasteiger partial charge in [0.25, 0.3) is 0 Å². The fraction of sp³-hybridized carbons (Fsp3) is 0.571. The molecular formula is C35H48FN6O9P. The molecule has 4 rings (SSSR count). The molecule has 3 heterocycles. The summed E-state index contributed by atoms with van der Waals surface area (Å²) in [7, 11) is -4.68. The Kier molecular flexibility index (Phi) is 15.5. The van der Waals surface area contributed by atoms with Gasteiger partial charge in [0.15, 0.2) is 29.2 Å². The number of unbranched alkanes of at least 4 members (excludes halogenated alkanes) is 9. The zero-order valence-electron chi connectivity index (χ0n) is 29.3. The van der Waals surface area contributed by atoms with Gasteiger partial charge in [-0.3, -0.25) is 18.4 Å². The van der Waals surface area contributed by atoms with Gasteiger partial charge in [-0.05, 0) is 18.4 Å². The van der Waals surface area contributed by atoms with Gasteiger partial charge in [0.2, 0.25) is 0 Å². The van der Waals surface area contributed by atoms with E-state index in [1.807, 2.05) is 0 Å². The molecule has 1 aliphatic heterocycles. The van der Waals surface area contributed by atoms with Gasteiger partial charge in [-0.15, -0.1) is 6.42 Å². The summed E-state index contributed by atoms with van der Waals surface area (Å²) in [6.45, 7) is 0.726. The molecule has 3 aromatic rings. The molecular weight excluding hydrogens is 698 g/mol. The summed E-state index contributed by atoms with van der Waals surface area (Å²) in [5.41, 5.74) is 4.49. The van der Waals surface area contributed by atoms with E-state index in [0.29, 0.717) is 12.0 Å². The van der Waals surface area contributed by atoms with Crippen LogP contribution in [0.15, 0.2) is 36.7 Å². The SMILES string of the molecule is C#C[C@]1(CO[P@](=O)(N[C@@H](Cc2ccccc2)C(=O)O)OCC(=O)OCCCCCCCCCCCC)O[C@@H](n2cnc3c(N)nc(F)nc32)C[C@@H]1O. The number of anilines is 1. The molecule has 1 saturated heterocycles. The molecule has 0 unspecified atom stereocenters. The van der Waals surface area contributed by atoms with Gasteiger partial charge in [-0.2, -0.15) is 14.4 Å². The lowest BCUT2D eigenvalue weighted by Gasteiger charge is -2.29. The highest BCUT2D eigenvalue weighted by Crippen LogP contribution is 2.48. The molecule has 1 aromatic carbocycles. The van der Waals surface area contributed by atoms with Crippen molar-refractivity contribution in [3.05, 3.63) is 48.3 Å². The lowest BCUT2D eigenvalue weighted by Crippen LogP contribution is -2.44. The van der Waals surface area contributed by atoms with Crippen LogP contribution >= 0.6 is 7.75 Å². The molecule has 17 heteroatoms. The third kappa shape index (κ3) is 11.5. The van der Waals surface area contributed by atoms with Crippen molar-refractivity contribution in [2.45, 2.75) is 108 Å². The van der Waals surface area contributed by atoms with Crippen LogP contribution in [0.3, 0.4) is 0 Å². The minimum Gasteiger partial charge on any atom is -0.480 e. The van der Waals surface area contributed by atoms with E-state index in [2.05, 4.69) is 32.9 Å². The molecule has 0 amide bonds. The van der Waals surface area contributed by atoms with E-state index in [1.54, 1.807) is 30.3 Å². The number of nitrogens with two attached hydrogens (primary N) is 1. The van der Waals surface area contributed by atoms with Gasteiger partial charge in [0.1, 0.15) is 25.0 Å². The van der Waals surface area contributed by atoms with Crippen LogP contribution in [0.2, 0.25) is 0 Å². The zero-order valence-corrected chi connectivity index (χ0v) is 30.2. The molecule has 5 atom stereocenters. The van der Waals surface area contributed by atoms with Crippen LogP contribution in [0.4, 0.5) is 10.2 Å². The number of benzene rings is 1. The van der Waals surface area contributed by atoms with E-state index in [0.717, 1.165) is 19.3 Å². The minimum absolute atomic E-state index is 0.0202. The minimum atomic E-state index is -4.68. The van der Waals surface area contributed by atoms with Crippen molar-refractivity contribution in [1.29, 1.82) is 0 Å². The Morgan fingerprint density at radius 2 is 1.81 bits per heavy atom. The Morgan fingerprint density at radius 3 is 2.46 bits per heavy atom. The predicted molar refractivity (Wildman–Crippen MR) is 189 cm³/mol. The number of nitrogens with one attached hydrogen (secondary N) is 1. The summed E-state index contributed by atoms with van der Waals surface area (Å²) < 4.78 is 51.8. The molecule has 0 bridgehead atoms. The van der Waals surface area contributed by atoms with Crippen LogP contribution in [0, 0.1) is 18.4 Å². The van der Waals surface area contributed by atoms with Crippen molar-refractivity contribution < 1.29 is 47.3 Å². The number of terminal acetylenes is 1. The number of nitrogens with zero attached hydrogens (tertiary/aromatic N) is 4. The third-order valence-electron chi connectivity index (χ3n) is 8.74. The molecule has 0 saturated carbocycles. The highest BCUT2D eigenvalue weighted by molar-refractivity contribution is 7.51. The lowest BCUT2D eigenvalue weighted by molar-refractivity contribution is -0.146. The van der Waals surface area contributed by atoms with Crippen molar-refractivity contribution in [3.63, 3.8) is 0 Å². The van der Waals surface area contributed by atoms with Gasteiger partial charge >= 0.3 is 25.8 Å². The number of fused-ring (bicyclic) bond motifs is 1. The number of aliphatic hydroxyl groups is 1. The standard InChI is InChI=1S/C35H48FN6O9P/c1-3-5-6-7-8-9-10-11-12-16-19-48-29(44)22-49-52(47,41-26(33(45)46)20-25-17-14-13-15-18-25)50-23-35(4-2)27(43)21-28(51-35)42-24-38-30-31(37)39-34(36)40-32(30)42/h2,13-15,17-18,24,26-28,43H,3,5-12,16,19-23H2,1H3,(H,41,47)(H,45,46)(H2,37,39,40)/t26-,27-,28+,35+,52-/m0/s1. The average molecular weight is 747 g/mol. The highest BCUT2D eigenvalue weighted by atomic mass is 31.2. The number of aliphatic carboxylic acids is 1. The first-order valence-electron chi connectivity index (χ1n) is 17.6. The van der Waals surface area contributed by atoms with Gasteiger partial charge in [-0.1, -0.05) is 101 Å². The maximum absolute atomic E-state index is 14.1. The monoisotopic (exact) mass is 746 g/mol. The van der Waals surface area contributed by atoms with E-state index >= 15 is 0 Å². The predicted octanol–water partition coefficient (Wildman–Crippen LogP) is 5.09. The van der Waals surface area contributed by atoms with Crippen LogP contribution in [0.5, 0.6) is 0 Å². The molecule has 0 aliphatic carbocycles. The number of halogens is 1.